The summed E-state index contributed by atoms with van der Waals surface area (Å²) < 4.78 is 0. The second-order valence-corrected chi connectivity index (χ2v) is 7.11. The van der Waals surface area contributed by atoms with Crippen molar-refractivity contribution >= 4 is 0 Å². The van der Waals surface area contributed by atoms with E-state index in [1.54, 1.807) is 0 Å². The van der Waals surface area contributed by atoms with Crippen LogP contribution < -0.4 is 5.32 Å². The molecule has 0 spiro atoms. The molecule has 0 amide bonds. The third-order valence-corrected chi connectivity index (χ3v) is 4.02. The fraction of sp³-hybridized carbons (Fsp3) is 1.00. The summed E-state index contributed by atoms with van der Waals surface area (Å²) in [7, 11) is 0. The van der Waals surface area contributed by atoms with Crippen LogP contribution in [0.2, 0.25) is 0 Å². The number of hydrogen-bond acceptors (Lipinski definition) is 2. The van der Waals surface area contributed by atoms with Gasteiger partial charge in [-0.2, -0.15) is 0 Å². The van der Waals surface area contributed by atoms with Crippen molar-refractivity contribution in [3.8, 4) is 0 Å². The van der Waals surface area contributed by atoms with Crippen LogP contribution in [0.4, 0.5) is 0 Å². The van der Waals surface area contributed by atoms with Gasteiger partial charge in [-0.3, -0.25) is 0 Å². The fourth-order valence-electron chi connectivity index (χ4n) is 3.62. The van der Waals surface area contributed by atoms with Crippen molar-refractivity contribution in [2.45, 2.75) is 84.2 Å². The van der Waals surface area contributed by atoms with E-state index in [-0.39, 0.29) is 12.1 Å². The number of rotatable bonds is 7. The molecule has 108 valence electrons. The SMILES string of the molecule is CC(C)CC(CO)(CC(C)C)NC1CCCCC1. The largest absolute Gasteiger partial charge is 0.394 e. The van der Waals surface area contributed by atoms with E-state index < -0.39 is 0 Å². The summed E-state index contributed by atoms with van der Waals surface area (Å²) in [5.74, 6) is 1.26. The van der Waals surface area contributed by atoms with Gasteiger partial charge in [0, 0.05) is 11.6 Å². The van der Waals surface area contributed by atoms with Crippen LogP contribution >= 0.6 is 0 Å². The molecule has 2 heteroatoms. The van der Waals surface area contributed by atoms with Gasteiger partial charge in [0.15, 0.2) is 0 Å². The Bertz CT molecular complexity index is 209. The third-order valence-electron chi connectivity index (χ3n) is 4.02. The standard InChI is InChI=1S/C16H33NO/c1-13(2)10-16(12-18,11-14(3)4)17-15-8-6-5-7-9-15/h13-15,17-18H,5-12H2,1-4H3. The van der Waals surface area contributed by atoms with Crippen LogP contribution in [0.1, 0.15) is 72.6 Å². The average Bonchev–Trinajstić information content (AvgIpc) is 2.28. The molecular formula is C16H33NO. The molecule has 1 saturated carbocycles. The number of hydrogen-bond donors (Lipinski definition) is 2. The molecule has 1 fully saturated rings. The van der Waals surface area contributed by atoms with Crippen LogP contribution in [-0.4, -0.2) is 23.3 Å². The quantitative estimate of drug-likeness (QED) is 0.726. The maximum Gasteiger partial charge on any atom is 0.0613 e. The molecule has 0 aromatic rings. The lowest BCUT2D eigenvalue weighted by atomic mass is 9.80. The van der Waals surface area contributed by atoms with E-state index in [0.29, 0.717) is 17.9 Å². The number of aliphatic hydroxyl groups excluding tert-OH is 1. The van der Waals surface area contributed by atoms with E-state index in [1.807, 2.05) is 0 Å². The molecule has 0 aliphatic heterocycles. The monoisotopic (exact) mass is 255 g/mol. The van der Waals surface area contributed by atoms with E-state index in [0.717, 1.165) is 12.8 Å². The van der Waals surface area contributed by atoms with E-state index in [9.17, 15) is 5.11 Å². The molecule has 1 aliphatic carbocycles. The van der Waals surface area contributed by atoms with Crippen LogP contribution in [0.3, 0.4) is 0 Å². The minimum atomic E-state index is -0.0513. The highest BCUT2D eigenvalue weighted by Gasteiger charge is 2.33. The summed E-state index contributed by atoms with van der Waals surface area (Å²) in [4.78, 5) is 0. The van der Waals surface area contributed by atoms with Crippen LogP contribution in [0.25, 0.3) is 0 Å². The predicted molar refractivity (Wildman–Crippen MR) is 78.7 cm³/mol. The summed E-state index contributed by atoms with van der Waals surface area (Å²) in [6.07, 6.45) is 8.83. The molecule has 2 N–H and O–H groups in total. The molecule has 0 aromatic heterocycles. The van der Waals surface area contributed by atoms with Crippen molar-refractivity contribution in [3.05, 3.63) is 0 Å². The van der Waals surface area contributed by atoms with E-state index in [4.69, 9.17) is 0 Å². The summed E-state index contributed by atoms with van der Waals surface area (Å²) >= 11 is 0. The molecule has 0 heterocycles. The van der Waals surface area contributed by atoms with Crippen molar-refractivity contribution in [2.75, 3.05) is 6.61 Å². The second kappa shape index (κ2) is 7.49. The van der Waals surface area contributed by atoms with Gasteiger partial charge in [0.25, 0.3) is 0 Å². The minimum Gasteiger partial charge on any atom is -0.394 e. The Morgan fingerprint density at radius 2 is 1.50 bits per heavy atom. The Morgan fingerprint density at radius 3 is 1.89 bits per heavy atom. The van der Waals surface area contributed by atoms with Gasteiger partial charge in [-0.05, 0) is 37.5 Å². The molecule has 18 heavy (non-hydrogen) atoms. The number of nitrogens with one attached hydrogen (secondary N) is 1. The zero-order valence-corrected chi connectivity index (χ0v) is 12.8. The van der Waals surface area contributed by atoms with Crippen molar-refractivity contribution in [3.63, 3.8) is 0 Å². The molecular weight excluding hydrogens is 222 g/mol. The molecule has 0 aromatic carbocycles. The highest BCUT2D eigenvalue weighted by molar-refractivity contribution is 4.92. The average molecular weight is 255 g/mol. The van der Waals surface area contributed by atoms with Gasteiger partial charge >= 0.3 is 0 Å². The normalized spacial score (nSPS) is 18.8. The molecule has 1 aliphatic rings. The lowest BCUT2D eigenvalue weighted by Crippen LogP contribution is -2.55. The smallest absolute Gasteiger partial charge is 0.0613 e. The Kier molecular flexibility index (Phi) is 6.65. The summed E-state index contributed by atoms with van der Waals surface area (Å²) in [6, 6.07) is 0.628. The van der Waals surface area contributed by atoms with Gasteiger partial charge in [-0.15, -0.1) is 0 Å². The predicted octanol–water partition coefficient (Wildman–Crippen LogP) is 3.73. The van der Waals surface area contributed by atoms with Gasteiger partial charge < -0.3 is 10.4 Å². The molecule has 1 rings (SSSR count). The summed E-state index contributed by atoms with van der Waals surface area (Å²) in [6.45, 7) is 9.31. The molecule has 0 saturated heterocycles. The second-order valence-electron chi connectivity index (χ2n) is 7.11. The topological polar surface area (TPSA) is 32.3 Å². The van der Waals surface area contributed by atoms with Gasteiger partial charge in [0.05, 0.1) is 6.61 Å². The van der Waals surface area contributed by atoms with Crippen LogP contribution in [0.15, 0.2) is 0 Å². The first kappa shape index (κ1) is 16.0. The van der Waals surface area contributed by atoms with Crippen LogP contribution in [0.5, 0.6) is 0 Å². The molecule has 0 unspecified atom stereocenters. The fourth-order valence-corrected chi connectivity index (χ4v) is 3.62. The van der Waals surface area contributed by atoms with E-state index >= 15 is 0 Å². The first-order chi connectivity index (χ1) is 8.47. The number of aliphatic hydroxyl groups is 1. The molecule has 2 nitrogen and oxygen atoms in total. The Morgan fingerprint density at radius 1 is 1.00 bits per heavy atom. The van der Waals surface area contributed by atoms with E-state index in [1.165, 1.54) is 32.1 Å². The van der Waals surface area contributed by atoms with Crippen molar-refractivity contribution in [2.24, 2.45) is 11.8 Å². The van der Waals surface area contributed by atoms with Crippen LogP contribution in [0, 0.1) is 11.8 Å². The molecule has 0 bridgehead atoms. The van der Waals surface area contributed by atoms with Gasteiger partial charge in [0.1, 0.15) is 0 Å². The van der Waals surface area contributed by atoms with Crippen molar-refractivity contribution in [1.29, 1.82) is 0 Å². The van der Waals surface area contributed by atoms with E-state index in [2.05, 4.69) is 33.0 Å². The highest BCUT2D eigenvalue weighted by atomic mass is 16.3. The minimum absolute atomic E-state index is 0.0513. The lowest BCUT2D eigenvalue weighted by molar-refractivity contribution is 0.0972. The van der Waals surface area contributed by atoms with Gasteiger partial charge in [-0.1, -0.05) is 47.0 Å². The summed E-state index contributed by atoms with van der Waals surface area (Å²) in [5, 5.41) is 13.8. The maximum atomic E-state index is 9.94. The summed E-state index contributed by atoms with van der Waals surface area (Å²) in [5.41, 5.74) is -0.0513. The molecule has 0 radical (unpaired) electrons. The Hall–Kier alpha value is -0.0800. The Labute approximate surface area is 114 Å². The highest BCUT2D eigenvalue weighted by Crippen LogP contribution is 2.28. The first-order valence-corrected chi connectivity index (χ1v) is 7.86. The molecule has 0 atom stereocenters. The van der Waals surface area contributed by atoms with Crippen molar-refractivity contribution in [1.82, 2.24) is 5.32 Å². The van der Waals surface area contributed by atoms with Gasteiger partial charge in [0.2, 0.25) is 0 Å². The van der Waals surface area contributed by atoms with Crippen LogP contribution in [-0.2, 0) is 0 Å². The third kappa shape index (κ3) is 5.27. The van der Waals surface area contributed by atoms with Gasteiger partial charge in [-0.25, -0.2) is 0 Å². The van der Waals surface area contributed by atoms with Crippen molar-refractivity contribution < 1.29 is 5.11 Å². The lowest BCUT2D eigenvalue weighted by Gasteiger charge is -2.40. The zero-order chi connectivity index (χ0) is 13.6. The first-order valence-electron chi connectivity index (χ1n) is 7.86. The maximum absolute atomic E-state index is 9.94. The zero-order valence-electron chi connectivity index (χ0n) is 12.8. The Balaban J connectivity index is 2.66.